The summed E-state index contributed by atoms with van der Waals surface area (Å²) in [6, 6.07) is 3.13. The van der Waals surface area contributed by atoms with E-state index in [2.05, 4.69) is 4.74 Å². The summed E-state index contributed by atoms with van der Waals surface area (Å²) in [6.07, 6.45) is 0. The van der Waals surface area contributed by atoms with Crippen molar-refractivity contribution in [2.75, 3.05) is 20.3 Å². The van der Waals surface area contributed by atoms with E-state index in [1.54, 1.807) is 13.0 Å². The molecule has 3 N–H and O–H groups in total. The maximum Gasteiger partial charge on any atom is 0.373 e. The van der Waals surface area contributed by atoms with Gasteiger partial charge in [0.2, 0.25) is 5.76 Å². The van der Waals surface area contributed by atoms with Gasteiger partial charge in [-0.2, -0.15) is 0 Å². The lowest BCUT2D eigenvalue weighted by molar-refractivity contribution is 0.0558. The second kappa shape index (κ2) is 4.46. The molecule has 5 nitrogen and oxygen atoms in total. The van der Waals surface area contributed by atoms with Crippen LogP contribution in [0.15, 0.2) is 16.5 Å². The first-order chi connectivity index (χ1) is 7.07. The molecule has 0 saturated carbocycles. The molecule has 0 aliphatic heterocycles. The molecule has 0 aromatic carbocycles. The van der Waals surface area contributed by atoms with E-state index in [0.29, 0.717) is 5.76 Å². The van der Waals surface area contributed by atoms with Gasteiger partial charge in [0.1, 0.15) is 5.76 Å². The van der Waals surface area contributed by atoms with Gasteiger partial charge in [-0.15, -0.1) is 0 Å². The fourth-order valence-corrected chi connectivity index (χ4v) is 1.12. The lowest BCUT2D eigenvalue weighted by Crippen LogP contribution is -2.35. The number of carbonyl (C=O) groups excluding carboxylic acids is 1. The highest BCUT2D eigenvalue weighted by atomic mass is 16.5. The van der Waals surface area contributed by atoms with Crippen molar-refractivity contribution in [3.8, 4) is 0 Å². The van der Waals surface area contributed by atoms with Gasteiger partial charge in [-0.3, -0.25) is 0 Å². The highest BCUT2D eigenvalue weighted by molar-refractivity contribution is 5.86. The predicted octanol–water partition coefficient (Wildman–Crippen LogP) is 0.275. The molecule has 1 heterocycles. The lowest BCUT2D eigenvalue weighted by atomic mass is 9.89. The average molecular weight is 213 g/mol. The highest BCUT2D eigenvalue weighted by Crippen LogP contribution is 2.24. The normalized spacial score (nSPS) is 14.7. The van der Waals surface area contributed by atoms with E-state index < -0.39 is 11.4 Å². The zero-order chi connectivity index (χ0) is 11.5. The third-order valence-corrected chi connectivity index (χ3v) is 2.39. The van der Waals surface area contributed by atoms with Crippen molar-refractivity contribution >= 4 is 5.97 Å². The number of hydrogen-bond donors (Lipinski definition) is 2. The fourth-order valence-electron chi connectivity index (χ4n) is 1.12. The molecule has 0 amide bonds. The molecule has 0 spiro atoms. The summed E-state index contributed by atoms with van der Waals surface area (Å²) in [7, 11) is 1.28. The number of nitrogens with two attached hydrogens (primary N) is 1. The summed E-state index contributed by atoms with van der Waals surface area (Å²) in [5, 5.41) is 9.19. The van der Waals surface area contributed by atoms with Crippen LogP contribution in [0.3, 0.4) is 0 Å². The number of methoxy groups -OCH3 is 1. The minimum absolute atomic E-state index is 0.112. The van der Waals surface area contributed by atoms with Crippen LogP contribution in [-0.2, 0) is 10.2 Å². The number of esters is 1. The Morgan fingerprint density at radius 1 is 1.67 bits per heavy atom. The Labute approximate surface area is 87.8 Å². The molecule has 1 rings (SSSR count). The van der Waals surface area contributed by atoms with Gasteiger partial charge in [-0.25, -0.2) is 4.79 Å². The summed E-state index contributed by atoms with van der Waals surface area (Å²) in [5.41, 5.74) is 4.87. The SMILES string of the molecule is COC(=O)c1ccc(C(C)(CN)CO)o1. The van der Waals surface area contributed by atoms with Crippen LogP contribution >= 0.6 is 0 Å². The average Bonchev–Trinajstić information content (AvgIpc) is 2.76. The number of aliphatic hydroxyl groups excluding tert-OH is 1. The second-order valence-electron chi connectivity index (χ2n) is 3.58. The van der Waals surface area contributed by atoms with E-state index >= 15 is 0 Å². The van der Waals surface area contributed by atoms with E-state index in [1.807, 2.05) is 0 Å². The third-order valence-electron chi connectivity index (χ3n) is 2.39. The van der Waals surface area contributed by atoms with E-state index in [4.69, 9.17) is 10.2 Å². The van der Waals surface area contributed by atoms with Crippen molar-refractivity contribution in [2.45, 2.75) is 12.3 Å². The Hall–Kier alpha value is -1.33. The molecule has 5 heteroatoms. The minimum atomic E-state index is -0.660. The van der Waals surface area contributed by atoms with Gasteiger partial charge in [0.05, 0.1) is 19.1 Å². The van der Waals surface area contributed by atoms with Crippen molar-refractivity contribution in [3.63, 3.8) is 0 Å². The van der Waals surface area contributed by atoms with Gasteiger partial charge >= 0.3 is 5.97 Å². The summed E-state index contributed by atoms with van der Waals surface area (Å²) >= 11 is 0. The van der Waals surface area contributed by atoms with Gasteiger partial charge in [0.15, 0.2) is 0 Å². The molecule has 1 atom stereocenters. The largest absolute Gasteiger partial charge is 0.463 e. The Morgan fingerprint density at radius 3 is 2.80 bits per heavy atom. The molecule has 0 saturated heterocycles. The number of carbonyl (C=O) groups is 1. The molecule has 15 heavy (non-hydrogen) atoms. The smallest absolute Gasteiger partial charge is 0.373 e. The molecule has 0 aliphatic carbocycles. The van der Waals surface area contributed by atoms with Gasteiger partial charge in [-0.05, 0) is 19.1 Å². The Morgan fingerprint density at radius 2 is 2.33 bits per heavy atom. The summed E-state index contributed by atoms with van der Waals surface area (Å²) < 4.78 is 9.77. The van der Waals surface area contributed by atoms with Crippen LogP contribution in [0.4, 0.5) is 0 Å². The molecular weight excluding hydrogens is 198 g/mol. The number of rotatable bonds is 4. The number of hydrogen-bond acceptors (Lipinski definition) is 5. The first-order valence-corrected chi connectivity index (χ1v) is 4.57. The van der Waals surface area contributed by atoms with Gasteiger partial charge < -0.3 is 20.0 Å². The summed E-state index contributed by atoms with van der Waals surface area (Å²) in [6.45, 7) is 1.85. The van der Waals surface area contributed by atoms with Crippen LogP contribution in [0.5, 0.6) is 0 Å². The van der Waals surface area contributed by atoms with Gasteiger partial charge in [-0.1, -0.05) is 0 Å². The van der Waals surface area contributed by atoms with E-state index in [0.717, 1.165) is 0 Å². The Bertz CT molecular complexity index is 341. The van der Waals surface area contributed by atoms with Gasteiger partial charge in [0.25, 0.3) is 0 Å². The predicted molar refractivity (Wildman–Crippen MR) is 53.5 cm³/mol. The zero-order valence-corrected chi connectivity index (χ0v) is 8.82. The van der Waals surface area contributed by atoms with Crippen molar-refractivity contribution in [3.05, 3.63) is 23.7 Å². The van der Waals surface area contributed by atoms with Crippen LogP contribution < -0.4 is 5.73 Å². The number of aliphatic hydroxyl groups is 1. The molecule has 84 valence electrons. The molecule has 0 aliphatic rings. The van der Waals surface area contributed by atoms with Crippen molar-refractivity contribution in [2.24, 2.45) is 5.73 Å². The van der Waals surface area contributed by atoms with Crippen LogP contribution in [0.1, 0.15) is 23.2 Å². The Kier molecular flexibility index (Phi) is 3.49. The van der Waals surface area contributed by atoms with E-state index in [-0.39, 0.29) is 18.9 Å². The lowest BCUT2D eigenvalue weighted by Gasteiger charge is -2.22. The fraction of sp³-hybridized carbons (Fsp3) is 0.500. The number of ether oxygens (including phenoxy) is 1. The third kappa shape index (κ3) is 2.19. The highest BCUT2D eigenvalue weighted by Gasteiger charge is 2.28. The molecule has 1 aromatic rings. The van der Waals surface area contributed by atoms with E-state index in [1.165, 1.54) is 13.2 Å². The number of furan rings is 1. The second-order valence-corrected chi connectivity index (χ2v) is 3.58. The van der Waals surface area contributed by atoms with Crippen LogP contribution in [-0.4, -0.2) is 31.3 Å². The summed E-state index contributed by atoms with van der Waals surface area (Å²) in [5.74, 6) is 0.0482. The molecular formula is C10H15NO4. The molecule has 0 fully saturated rings. The molecule has 1 unspecified atom stereocenters. The molecule has 0 bridgehead atoms. The molecule has 0 radical (unpaired) electrons. The maximum atomic E-state index is 11.1. The van der Waals surface area contributed by atoms with Crippen LogP contribution in [0, 0.1) is 0 Å². The van der Waals surface area contributed by atoms with Crippen molar-refractivity contribution in [1.29, 1.82) is 0 Å². The summed E-state index contributed by atoms with van der Waals surface area (Å²) in [4.78, 5) is 11.1. The van der Waals surface area contributed by atoms with E-state index in [9.17, 15) is 9.90 Å². The van der Waals surface area contributed by atoms with Gasteiger partial charge in [0, 0.05) is 6.54 Å². The maximum absolute atomic E-state index is 11.1. The monoisotopic (exact) mass is 213 g/mol. The minimum Gasteiger partial charge on any atom is -0.463 e. The quantitative estimate of drug-likeness (QED) is 0.701. The standard InChI is InChI=1S/C10H15NO4/c1-10(5-11,6-12)8-4-3-7(15-8)9(13)14-2/h3-4,12H,5-6,11H2,1-2H3. The molecule has 1 aromatic heterocycles. The van der Waals surface area contributed by atoms with Crippen LogP contribution in [0.25, 0.3) is 0 Å². The first-order valence-electron chi connectivity index (χ1n) is 4.57. The topological polar surface area (TPSA) is 85.7 Å². The first kappa shape index (κ1) is 11.7. The zero-order valence-electron chi connectivity index (χ0n) is 8.82. The van der Waals surface area contributed by atoms with Crippen molar-refractivity contribution in [1.82, 2.24) is 0 Å². The van der Waals surface area contributed by atoms with Crippen molar-refractivity contribution < 1.29 is 19.1 Å². The Balaban J connectivity index is 2.97. The van der Waals surface area contributed by atoms with Crippen LogP contribution in [0.2, 0.25) is 0 Å².